The fourth-order valence-corrected chi connectivity index (χ4v) is 3.49. The summed E-state index contributed by atoms with van der Waals surface area (Å²) in [4.78, 5) is 18.1. The molecule has 1 fully saturated rings. The lowest BCUT2D eigenvalue weighted by Crippen LogP contribution is -2.41. The highest BCUT2D eigenvalue weighted by Gasteiger charge is 2.22. The van der Waals surface area contributed by atoms with Crippen molar-refractivity contribution >= 4 is 28.0 Å². The third-order valence-electron chi connectivity index (χ3n) is 2.59. The van der Waals surface area contributed by atoms with Crippen LogP contribution in [0.5, 0.6) is 0 Å². The van der Waals surface area contributed by atoms with Gasteiger partial charge in [0.05, 0.1) is 5.01 Å². The van der Waals surface area contributed by atoms with E-state index in [0.29, 0.717) is 43.3 Å². The zero-order chi connectivity index (χ0) is 12.3. The number of carbonyl (C=O) groups excluding carboxylic acids is 1. The Bertz CT molecular complexity index is 423. The summed E-state index contributed by atoms with van der Waals surface area (Å²) in [6.45, 7) is 1.67. The quantitative estimate of drug-likeness (QED) is 0.831. The Morgan fingerprint density at radius 1 is 1.53 bits per heavy atom. The first-order valence-electron chi connectivity index (χ1n) is 5.49. The van der Waals surface area contributed by atoms with Crippen LogP contribution in [0.15, 0.2) is 5.38 Å². The maximum atomic E-state index is 12.1. The zero-order valence-electron chi connectivity index (χ0n) is 9.42. The summed E-state index contributed by atoms with van der Waals surface area (Å²) in [5, 5.41) is 2.68. The Hall–Kier alpha value is -0.790. The van der Waals surface area contributed by atoms with Crippen LogP contribution in [-0.2, 0) is 17.2 Å². The molecule has 2 N–H and O–H groups in total. The van der Waals surface area contributed by atoms with Gasteiger partial charge in [-0.3, -0.25) is 9.00 Å². The molecule has 1 amide bonds. The minimum absolute atomic E-state index is 0.0544. The second-order valence-corrected chi connectivity index (χ2v) is 6.44. The van der Waals surface area contributed by atoms with Crippen LogP contribution in [0.25, 0.3) is 0 Å². The third kappa shape index (κ3) is 3.11. The largest absolute Gasteiger partial charge is 0.335 e. The number of rotatable bonds is 3. The van der Waals surface area contributed by atoms with E-state index in [1.807, 2.05) is 0 Å². The molecule has 0 atom stereocenters. The summed E-state index contributed by atoms with van der Waals surface area (Å²) < 4.78 is 11.2. The molecule has 0 aromatic carbocycles. The topological polar surface area (TPSA) is 76.3 Å². The van der Waals surface area contributed by atoms with E-state index < -0.39 is 10.8 Å². The lowest BCUT2D eigenvalue weighted by molar-refractivity contribution is 0.0766. The van der Waals surface area contributed by atoms with Gasteiger partial charge in [0.25, 0.3) is 5.91 Å². The Labute approximate surface area is 106 Å². The van der Waals surface area contributed by atoms with Gasteiger partial charge in [0.1, 0.15) is 5.69 Å². The van der Waals surface area contributed by atoms with Crippen LogP contribution in [0.4, 0.5) is 0 Å². The molecule has 0 unspecified atom stereocenters. The number of aromatic nitrogens is 1. The van der Waals surface area contributed by atoms with Crippen molar-refractivity contribution in [2.24, 2.45) is 5.73 Å². The molecule has 1 aromatic rings. The first-order valence-corrected chi connectivity index (χ1v) is 7.86. The molecule has 1 aliphatic heterocycles. The smallest absolute Gasteiger partial charge is 0.273 e. The first kappa shape index (κ1) is 12.7. The second kappa shape index (κ2) is 5.70. The van der Waals surface area contributed by atoms with Gasteiger partial charge in [-0.2, -0.15) is 0 Å². The predicted molar refractivity (Wildman–Crippen MR) is 68.7 cm³/mol. The van der Waals surface area contributed by atoms with Crippen LogP contribution in [0.1, 0.15) is 15.5 Å². The average Bonchev–Trinajstić information content (AvgIpc) is 2.78. The van der Waals surface area contributed by atoms with Crippen LogP contribution in [-0.4, -0.2) is 51.1 Å². The van der Waals surface area contributed by atoms with Gasteiger partial charge >= 0.3 is 0 Å². The number of hydrogen-bond acceptors (Lipinski definition) is 5. The zero-order valence-corrected chi connectivity index (χ0v) is 11.1. The van der Waals surface area contributed by atoms with Crippen molar-refractivity contribution in [2.45, 2.75) is 6.42 Å². The fourth-order valence-electron chi connectivity index (χ4n) is 1.65. The van der Waals surface area contributed by atoms with E-state index in [2.05, 4.69) is 4.98 Å². The maximum Gasteiger partial charge on any atom is 0.273 e. The molecular formula is C10H15N3O2S2. The monoisotopic (exact) mass is 273 g/mol. The van der Waals surface area contributed by atoms with Gasteiger partial charge in [-0.15, -0.1) is 11.3 Å². The van der Waals surface area contributed by atoms with Gasteiger partial charge in [-0.1, -0.05) is 0 Å². The number of amides is 1. The van der Waals surface area contributed by atoms with E-state index in [9.17, 15) is 9.00 Å². The van der Waals surface area contributed by atoms with Gasteiger partial charge in [0.2, 0.25) is 0 Å². The first-order chi connectivity index (χ1) is 8.20. The number of thiazole rings is 1. The average molecular weight is 273 g/mol. The Balaban J connectivity index is 2.01. The number of hydrogen-bond donors (Lipinski definition) is 1. The summed E-state index contributed by atoms with van der Waals surface area (Å²) in [6, 6.07) is 0. The minimum atomic E-state index is -0.760. The van der Waals surface area contributed by atoms with E-state index in [4.69, 9.17) is 5.73 Å². The Morgan fingerprint density at radius 3 is 2.88 bits per heavy atom. The van der Waals surface area contributed by atoms with Gasteiger partial charge in [0, 0.05) is 47.2 Å². The van der Waals surface area contributed by atoms with E-state index in [-0.39, 0.29) is 5.91 Å². The van der Waals surface area contributed by atoms with Gasteiger partial charge in [-0.25, -0.2) is 4.98 Å². The van der Waals surface area contributed by atoms with Crippen molar-refractivity contribution in [3.63, 3.8) is 0 Å². The van der Waals surface area contributed by atoms with Crippen molar-refractivity contribution in [3.8, 4) is 0 Å². The summed E-state index contributed by atoms with van der Waals surface area (Å²) >= 11 is 1.47. The van der Waals surface area contributed by atoms with Crippen LogP contribution in [0.2, 0.25) is 0 Å². The molecule has 0 bridgehead atoms. The van der Waals surface area contributed by atoms with E-state index in [1.165, 1.54) is 11.3 Å². The van der Waals surface area contributed by atoms with E-state index in [1.54, 1.807) is 10.3 Å². The van der Waals surface area contributed by atoms with Crippen LogP contribution in [0, 0.1) is 0 Å². The molecule has 2 rings (SSSR count). The van der Waals surface area contributed by atoms with Gasteiger partial charge in [-0.05, 0) is 6.54 Å². The molecule has 17 heavy (non-hydrogen) atoms. The second-order valence-electron chi connectivity index (χ2n) is 3.81. The molecule has 1 aromatic heterocycles. The highest BCUT2D eigenvalue weighted by atomic mass is 32.2. The molecule has 1 saturated heterocycles. The molecule has 0 radical (unpaired) electrons. The molecule has 0 saturated carbocycles. The van der Waals surface area contributed by atoms with Gasteiger partial charge < -0.3 is 10.6 Å². The van der Waals surface area contributed by atoms with Crippen molar-refractivity contribution in [2.75, 3.05) is 31.1 Å². The summed E-state index contributed by atoms with van der Waals surface area (Å²) in [7, 11) is -0.760. The van der Waals surface area contributed by atoms with Crippen LogP contribution < -0.4 is 5.73 Å². The van der Waals surface area contributed by atoms with Crippen molar-refractivity contribution < 1.29 is 9.00 Å². The van der Waals surface area contributed by atoms with Crippen LogP contribution >= 0.6 is 11.3 Å². The lowest BCUT2D eigenvalue weighted by atomic mass is 10.3. The molecule has 7 heteroatoms. The molecular weight excluding hydrogens is 258 g/mol. The minimum Gasteiger partial charge on any atom is -0.335 e. The molecule has 94 valence electrons. The number of nitrogens with zero attached hydrogens (tertiary/aromatic N) is 2. The highest BCUT2D eigenvalue weighted by molar-refractivity contribution is 7.85. The summed E-state index contributed by atoms with van der Waals surface area (Å²) in [5.41, 5.74) is 5.93. The molecule has 0 aliphatic carbocycles. The number of nitrogens with two attached hydrogens (primary N) is 1. The molecule has 1 aliphatic rings. The Kier molecular flexibility index (Phi) is 4.25. The molecule has 5 nitrogen and oxygen atoms in total. The van der Waals surface area contributed by atoms with Crippen molar-refractivity contribution in [3.05, 3.63) is 16.1 Å². The van der Waals surface area contributed by atoms with Crippen LogP contribution in [0.3, 0.4) is 0 Å². The van der Waals surface area contributed by atoms with Crippen molar-refractivity contribution in [1.29, 1.82) is 0 Å². The van der Waals surface area contributed by atoms with E-state index >= 15 is 0 Å². The molecule has 2 heterocycles. The standard InChI is InChI=1S/C10H15N3O2S2/c11-2-1-9-12-8(7-16-9)10(14)13-3-5-17(15)6-4-13/h7H,1-6,11H2. The predicted octanol–water partition coefficient (Wildman–Crippen LogP) is -0.151. The lowest BCUT2D eigenvalue weighted by Gasteiger charge is -2.25. The fraction of sp³-hybridized carbons (Fsp3) is 0.600. The SMILES string of the molecule is NCCc1nc(C(=O)N2CCS(=O)CC2)cs1. The molecule has 0 spiro atoms. The van der Waals surface area contributed by atoms with Crippen molar-refractivity contribution in [1.82, 2.24) is 9.88 Å². The third-order valence-corrected chi connectivity index (χ3v) is 4.78. The Morgan fingerprint density at radius 2 is 2.24 bits per heavy atom. The maximum absolute atomic E-state index is 12.1. The summed E-state index contributed by atoms with van der Waals surface area (Å²) in [5.74, 6) is 1.10. The van der Waals surface area contributed by atoms with E-state index in [0.717, 1.165) is 5.01 Å². The highest BCUT2D eigenvalue weighted by Crippen LogP contribution is 2.13. The normalized spacial score (nSPS) is 17.4. The summed E-state index contributed by atoms with van der Waals surface area (Å²) in [6.07, 6.45) is 0.710. The number of carbonyl (C=O) groups is 1. The van der Waals surface area contributed by atoms with Gasteiger partial charge in [0.15, 0.2) is 0 Å².